The lowest BCUT2D eigenvalue weighted by molar-refractivity contribution is -0.120. The Morgan fingerprint density at radius 2 is 1.83 bits per heavy atom. The predicted molar refractivity (Wildman–Crippen MR) is 94.5 cm³/mol. The van der Waals surface area contributed by atoms with Gasteiger partial charge in [0.05, 0.1) is 6.04 Å². The number of aromatic amines is 1. The van der Waals surface area contributed by atoms with Gasteiger partial charge in [-0.3, -0.25) is 4.79 Å². The number of carbonyl (C=O) groups excluding carboxylic acids is 1. The van der Waals surface area contributed by atoms with Crippen molar-refractivity contribution in [1.29, 1.82) is 0 Å². The largest absolute Gasteiger partial charge is 0.361 e. The third-order valence-corrected chi connectivity index (χ3v) is 4.43. The van der Waals surface area contributed by atoms with E-state index in [9.17, 15) is 4.79 Å². The van der Waals surface area contributed by atoms with Gasteiger partial charge in [-0.25, -0.2) is 0 Å². The van der Waals surface area contributed by atoms with Crippen molar-refractivity contribution in [3.8, 4) is 0 Å². The van der Waals surface area contributed by atoms with Crippen LogP contribution in [0.15, 0.2) is 54.7 Å². The second-order valence-electron chi connectivity index (χ2n) is 6.06. The molecule has 118 valence electrons. The van der Waals surface area contributed by atoms with Crippen LogP contribution in [0.4, 0.5) is 0 Å². The van der Waals surface area contributed by atoms with Gasteiger partial charge in [0.25, 0.3) is 0 Å². The minimum absolute atomic E-state index is 0.124. The normalized spacial score (nSPS) is 12.4. The summed E-state index contributed by atoms with van der Waals surface area (Å²) in [6.45, 7) is 2.08. The molecule has 0 fully saturated rings. The highest BCUT2D eigenvalue weighted by Crippen LogP contribution is 2.19. The maximum absolute atomic E-state index is 12.4. The van der Waals surface area contributed by atoms with E-state index in [1.807, 2.05) is 36.5 Å². The third kappa shape index (κ3) is 3.51. The van der Waals surface area contributed by atoms with Gasteiger partial charge in [0, 0.05) is 23.5 Å². The standard InChI is InChI=1S/C20H22N2O/c1-14-6-2-3-7-15(14)10-11-20(23)18(21)12-16-13-22-19-9-5-4-8-17(16)19/h2-9,13,18,22H,10-12,21H2,1H3. The van der Waals surface area contributed by atoms with E-state index < -0.39 is 6.04 Å². The summed E-state index contributed by atoms with van der Waals surface area (Å²) in [7, 11) is 0. The minimum Gasteiger partial charge on any atom is -0.361 e. The fourth-order valence-corrected chi connectivity index (χ4v) is 2.99. The van der Waals surface area contributed by atoms with E-state index in [1.165, 1.54) is 11.1 Å². The van der Waals surface area contributed by atoms with Crippen LogP contribution < -0.4 is 5.73 Å². The molecule has 0 saturated heterocycles. The van der Waals surface area contributed by atoms with Crippen LogP contribution in [0.5, 0.6) is 0 Å². The van der Waals surface area contributed by atoms with Gasteiger partial charge in [-0.1, -0.05) is 42.5 Å². The van der Waals surface area contributed by atoms with Crippen molar-refractivity contribution in [3.05, 3.63) is 71.4 Å². The smallest absolute Gasteiger partial charge is 0.150 e. The van der Waals surface area contributed by atoms with Crippen molar-refractivity contribution in [1.82, 2.24) is 4.98 Å². The second-order valence-corrected chi connectivity index (χ2v) is 6.06. The lowest BCUT2D eigenvalue weighted by Crippen LogP contribution is -2.32. The zero-order chi connectivity index (χ0) is 16.2. The van der Waals surface area contributed by atoms with Gasteiger partial charge >= 0.3 is 0 Å². The highest BCUT2D eigenvalue weighted by molar-refractivity contribution is 5.87. The molecule has 3 nitrogen and oxygen atoms in total. The lowest BCUT2D eigenvalue weighted by Gasteiger charge is -2.11. The van der Waals surface area contributed by atoms with E-state index in [1.54, 1.807) is 0 Å². The monoisotopic (exact) mass is 306 g/mol. The highest BCUT2D eigenvalue weighted by atomic mass is 16.1. The Morgan fingerprint density at radius 1 is 1.09 bits per heavy atom. The number of benzene rings is 2. The highest BCUT2D eigenvalue weighted by Gasteiger charge is 2.16. The Kier molecular flexibility index (Phi) is 4.58. The maximum Gasteiger partial charge on any atom is 0.150 e. The first-order chi connectivity index (χ1) is 11.1. The van der Waals surface area contributed by atoms with E-state index in [4.69, 9.17) is 5.73 Å². The third-order valence-electron chi connectivity index (χ3n) is 4.43. The molecule has 1 aromatic heterocycles. The molecular weight excluding hydrogens is 284 g/mol. The van der Waals surface area contributed by atoms with E-state index in [0.717, 1.165) is 22.9 Å². The molecule has 3 rings (SSSR count). The summed E-state index contributed by atoms with van der Waals surface area (Å²) in [5, 5.41) is 1.15. The Bertz CT molecular complexity index is 819. The number of nitrogens with one attached hydrogen (secondary N) is 1. The van der Waals surface area contributed by atoms with Crippen molar-refractivity contribution in [2.45, 2.75) is 32.2 Å². The molecule has 23 heavy (non-hydrogen) atoms. The summed E-state index contributed by atoms with van der Waals surface area (Å²) in [4.78, 5) is 15.6. The van der Waals surface area contributed by atoms with Crippen molar-refractivity contribution in [2.75, 3.05) is 0 Å². The average Bonchev–Trinajstić information content (AvgIpc) is 2.97. The molecule has 0 radical (unpaired) electrons. The Hall–Kier alpha value is -2.39. The Labute approximate surface area is 136 Å². The van der Waals surface area contributed by atoms with Crippen LogP contribution in [0.2, 0.25) is 0 Å². The molecule has 0 saturated carbocycles. The first-order valence-electron chi connectivity index (χ1n) is 8.03. The Morgan fingerprint density at radius 3 is 2.65 bits per heavy atom. The second kappa shape index (κ2) is 6.80. The topological polar surface area (TPSA) is 58.9 Å². The molecule has 0 aliphatic rings. The van der Waals surface area contributed by atoms with Crippen LogP contribution in [0.1, 0.15) is 23.1 Å². The number of fused-ring (bicyclic) bond motifs is 1. The summed E-state index contributed by atoms with van der Waals surface area (Å²) in [5.41, 5.74) is 10.8. The maximum atomic E-state index is 12.4. The number of carbonyl (C=O) groups is 1. The van der Waals surface area contributed by atoms with Gasteiger partial charge in [0.2, 0.25) is 0 Å². The molecule has 1 unspecified atom stereocenters. The van der Waals surface area contributed by atoms with Crippen LogP contribution in [-0.2, 0) is 17.6 Å². The molecule has 2 aromatic carbocycles. The molecule has 1 atom stereocenters. The Balaban J connectivity index is 1.63. The van der Waals surface area contributed by atoms with Crippen LogP contribution in [0.3, 0.4) is 0 Å². The molecule has 3 N–H and O–H groups in total. The summed E-state index contributed by atoms with van der Waals surface area (Å²) in [6, 6.07) is 15.8. The number of aromatic nitrogens is 1. The van der Waals surface area contributed by atoms with Crippen LogP contribution in [0.25, 0.3) is 10.9 Å². The average molecular weight is 306 g/mol. The zero-order valence-electron chi connectivity index (χ0n) is 13.4. The number of hydrogen-bond donors (Lipinski definition) is 2. The molecule has 3 aromatic rings. The van der Waals surface area contributed by atoms with Crippen molar-refractivity contribution < 1.29 is 4.79 Å². The number of aryl methyl sites for hydroxylation is 2. The molecule has 0 aliphatic heterocycles. The SMILES string of the molecule is Cc1ccccc1CCC(=O)C(N)Cc1c[nH]c2ccccc12. The van der Waals surface area contributed by atoms with E-state index in [-0.39, 0.29) is 5.78 Å². The number of Topliss-reactive ketones (excluding diaryl/α,β-unsaturated/α-hetero) is 1. The molecule has 1 heterocycles. The first-order valence-corrected chi connectivity index (χ1v) is 8.03. The number of para-hydroxylation sites is 1. The number of H-pyrrole nitrogens is 1. The summed E-state index contributed by atoms with van der Waals surface area (Å²) in [5.74, 6) is 0.124. The van der Waals surface area contributed by atoms with Crippen LogP contribution >= 0.6 is 0 Å². The van der Waals surface area contributed by atoms with Gasteiger partial charge in [0.15, 0.2) is 0 Å². The van der Waals surface area contributed by atoms with Crippen LogP contribution in [0, 0.1) is 6.92 Å². The number of hydrogen-bond acceptors (Lipinski definition) is 2. The number of nitrogens with two attached hydrogens (primary N) is 1. The van der Waals surface area contributed by atoms with Gasteiger partial charge in [-0.05, 0) is 42.5 Å². The number of ketones is 1. The fraction of sp³-hybridized carbons (Fsp3) is 0.250. The summed E-state index contributed by atoms with van der Waals surface area (Å²) < 4.78 is 0. The summed E-state index contributed by atoms with van der Waals surface area (Å²) >= 11 is 0. The molecule has 0 bridgehead atoms. The zero-order valence-corrected chi connectivity index (χ0v) is 13.4. The number of rotatable bonds is 6. The molecule has 0 amide bonds. The first kappa shape index (κ1) is 15.5. The van der Waals surface area contributed by atoms with Gasteiger partial charge in [-0.15, -0.1) is 0 Å². The van der Waals surface area contributed by atoms with E-state index in [2.05, 4.69) is 30.1 Å². The van der Waals surface area contributed by atoms with Gasteiger partial charge in [0.1, 0.15) is 5.78 Å². The van der Waals surface area contributed by atoms with Crippen molar-refractivity contribution in [3.63, 3.8) is 0 Å². The van der Waals surface area contributed by atoms with Crippen LogP contribution in [-0.4, -0.2) is 16.8 Å². The van der Waals surface area contributed by atoms with E-state index >= 15 is 0 Å². The summed E-state index contributed by atoms with van der Waals surface area (Å²) in [6.07, 6.45) is 3.79. The molecule has 3 heteroatoms. The van der Waals surface area contributed by atoms with E-state index in [0.29, 0.717) is 12.8 Å². The molecule has 0 spiro atoms. The quantitative estimate of drug-likeness (QED) is 0.731. The fourth-order valence-electron chi connectivity index (χ4n) is 2.99. The van der Waals surface area contributed by atoms with Crippen molar-refractivity contribution >= 4 is 16.7 Å². The molecule has 0 aliphatic carbocycles. The van der Waals surface area contributed by atoms with Crippen molar-refractivity contribution in [2.24, 2.45) is 5.73 Å². The lowest BCUT2D eigenvalue weighted by atomic mass is 9.97. The molecular formula is C20H22N2O. The predicted octanol–water partition coefficient (Wildman–Crippen LogP) is 3.55. The van der Waals surface area contributed by atoms with Gasteiger partial charge < -0.3 is 10.7 Å². The minimum atomic E-state index is -0.446. The van der Waals surface area contributed by atoms with Gasteiger partial charge in [-0.2, -0.15) is 0 Å².